The van der Waals surface area contributed by atoms with Crippen molar-refractivity contribution in [2.24, 2.45) is 5.92 Å². The van der Waals surface area contributed by atoms with Gasteiger partial charge in [-0.1, -0.05) is 124 Å². The van der Waals surface area contributed by atoms with Crippen molar-refractivity contribution >= 4 is 0 Å². The molecule has 0 aliphatic carbocycles. The lowest BCUT2D eigenvalue weighted by Gasteiger charge is -2.23. The van der Waals surface area contributed by atoms with Crippen LogP contribution in [0.4, 0.5) is 0 Å². The van der Waals surface area contributed by atoms with Crippen LogP contribution in [0.5, 0.6) is 0 Å². The maximum absolute atomic E-state index is 7.00. The monoisotopic (exact) mass is 464 g/mol. The van der Waals surface area contributed by atoms with Gasteiger partial charge in [0.15, 0.2) is 0 Å². The second kappa shape index (κ2) is 22.3. The number of hydrogen-bond acceptors (Lipinski definition) is 3. The fourth-order valence-corrected chi connectivity index (χ4v) is 3.25. The van der Waals surface area contributed by atoms with Gasteiger partial charge in [0.1, 0.15) is 0 Å². The number of benzene rings is 3. The normalized spacial score (nSPS) is 9.79. The summed E-state index contributed by atoms with van der Waals surface area (Å²) < 4.78 is 0. The van der Waals surface area contributed by atoms with E-state index < -0.39 is 0 Å². The minimum Gasteiger partial charge on any atom is -0.400 e. The first kappa shape index (κ1) is 31.5. The quantitative estimate of drug-likeness (QED) is 0.319. The number of aryl methyl sites for hydroxylation is 1. The van der Waals surface area contributed by atoms with Crippen LogP contribution >= 0.6 is 0 Å². The summed E-state index contributed by atoms with van der Waals surface area (Å²) >= 11 is 0. The van der Waals surface area contributed by atoms with E-state index in [-0.39, 0.29) is 0 Å². The molecule has 0 bridgehead atoms. The van der Waals surface area contributed by atoms with Gasteiger partial charge in [-0.15, -0.1) is 0 Å². The summed E-state index contributed by atoms with van der Waals surface area (Å²) in [6.07, 6.45) is 1.19. The molecule has 0 amide bonds. The third-order valence-electron chi connectivity index (χ3n) is 4.82. The molecule has 3 aromatic carbocycles. The highest BCUT2D eigenvalue weighted by molar-refractivity contribution is 5.17. The van der Waals surface area contributed by atoms with E-state index in [4.69, 9.17) is 5.11 Å². The Kier molecular flexibility index (Phi) is 20.7. The molecule has 0 saturated heterocycles. The fourth-order valence-electron chi connectivity index (χ4n) is 3.25. The highest BCUT2D eigenvalue weighted by Gasteiger charge is 2.07. The molecule has 3 nitrogen and oxygen atoms in total. The summed E-state index contributed by atoms with van der Waals surface area (Å²) in [5, 5.41) is 10.5. The molecule has 3 rings (SSSR count). The number of rotatable bonds is 10. The van der Waals surface area contributed by atoms with Crippen LogP contribution in [0.25, 0.3) is 0 Å². The lowest BCUT2D eigenvalue weighted by Crippen LogP contribution is -2.28. The standard InChI is InChI=1S/C21H30N2.C7H8.C2H6.CH4O/c1-19(2)16-22-14-9-15-23(17-20-10-5-3-6-11-20)18-21-12-7-4-8-13-21;1-7-5-3-2-4-6-7;2*1-2/h3-8,10-13,19,22H,9,14-18H2,1-2H3;2-6H,1H3;1-2H3;2H,1H3. The summed E-state index contributed by atoms with van der Waals surface area (Å²) in [7, 11) is 1.00. The zero-order chi connectivity index (χ0) is 25.4. The van der Waals surface area contributed by atoms with Crippen LogP contribution in [0.15, 0.2) is 91.0 Å². The molecule has 188 valence electrons. The average Bonchev–Trinajstić information content (AvgIpc) is 2.88. The summed E-state index contributed by atoms with van der Waals surface area (Å²) in [6.45, 7) is 15.9. The highest BCUT2D eigenvalue weighted by atomic mass is 16.2. The van der Waals surface area contributed by atoms with Gasteiger partial charge in [0.2, 0.25) is 0 Å². The molecule has 34 heavy (non-hydrogen) atoms. The minimum atomic E-state index is 0.722. The van der Waals surface area contributed by atoms with E-state index in [1.54, 1.807) is 0 Å². The van der Waals surface area contributed by atoms with Crippen molar-refractivity contribution in [3.63, 3.8) is 0 Å². The Morgan fingerprint density at radius 3 is 1.47 bits per heavy atom. The first-order valence-corrected chi connectivity index (χ1v) is 12.6. The van der Waals surface area contributed by atoms with Gasteiger partial charge in [-0.3, -0.25) is 4.90 Å². The maximum atomic E-state index is 7.00. The molecule has 0 atom stereocenters. The molecule has 0 heterocycles. The van der Waals surface area contributed by atoms with Crippen molar-refractivity contribution in [3.8, 4) is 0 Å². The Labute approximate surface area is 209 Å². The number of aliphatic hydroxyl groups is 1. The van der Waals surface area contributed by atoms with Crippen molar-refractivity contribution < 1.29 is 5.11 Å². The molecule has 3 heteroatoms. The van der Waals surface area contributed by atoms with E-state index in [1.807, 2.05) is 32.0 Å². The lowest BCUT2D eigenvalue weighted by molar-refractivity contribution is 0.252. The largest absolute Gasteiger partial charge is 0.400 e. The average molecular weight is 465 g/mol. The van der Waals surface area contributed by atoms with Crippen LogP contribution in [0.2, 0.25) is 0 Å². The van der Waals surface area contributed by atoms with E-state index in [0.29, 0.717) is 0 Å². The Hall–Kier alpha value is -2.46. The molecule has 0 saturated carbocycles. The molecule has 0 aromatic heterocycles. The Balaban J connectivity index is 0.000000826. The zero-order valence-electron chi connectivity index (χ0n) is 22.4. The van der Waals surface area contributed by atoms with Gasteiger partial charge in [-0.05, 0) is 43.5 Å². The van der Waals surface area contributed by atoms with E-state index in [1.165, 1.54) is 23.1 Å². The summed E-state index contributed by atoms with van der Waals surface area (Å²) in [4.78, 5) is 2.54. The Morgan fingerprint density at radius 1 is 0.706 bits per heavy atom. The van der Waals surface area contributed by atoms with Crippen molar-refractivity contribution in [3.05, 3.63) is 108 Å². The van der Waals surface area contributed by atoms with Gasteiger partial charge < -0.3 is 10.4 Å². The SMILES string of the molecule is CC.CC(C)CNCCCN(Cc1ccccc1)Cc1ccccc1.CO.Cc1ccccc1. The molecular weight excluding hydrogens is 416 g/mol. The Bertz CT molecular complexity index is 735. The maximum Gasteiger partial charge on any atom is 0.0319 e. The molecule has 0 fully saturated rings. The molecule has 0 radical (unpaired) electrons. The smallest absolute Gasteiger partial charge is 0.0319 e. The minimum absolute atomic E-state index is 0.722. The second-order valence-corrected chi connectivity index (χ2v) is 8.29. The fraction of sp³-hybridized carbons (Fsp3) is 0.419. The van der Waals surface area contributed by atoms with Gasteiger partial charge in [-0.2, -0.15) is 0 Å². The molecular formula is C31H48N2O. The third-order valence-corrected chi connectivity index (χ3v) is 4.82. The topological polar surface area (TPSA) is 35.5 Å². The van der Waals surface area contributed by atoms with Gasteiger partial charge in [0.25, 0.3) is 0 Å². The van der Waals surface area contributed by atoms with E-state index in [2.05, 4.69) is 104 Å². The van der Waals surface area contributed by atoms with Crippen molar-refractivity contribution in [2.45, 2.75) is 54.1 Å². The molecule has 0 aliphatic heterocycles. The third kappa shape index (κ3) is 17.1. The first-order valence-electron chi connectivity index (χ1n) is 12.6. The zero-order valence-corrected chi connectivity index (χ0v) is 22.4. The van der Waals surface area contributed by atoms with E-state index in [0.717, 1.165) is 45.8 Å². The van der Waals surface area contributed by atoms with Gasteiger partial charge >= 0.3 is 0 Å². The van der Waals surface area contributed by atoms with E-state index in [9.17, 15) is 0 Å². The lowest BCUT2D eigenvalue weighted by atomic mass is 10.1. The van der Waals surface area contributed by atoms with Crippen LogP contribution in [0, 0.1) is 12.8 Å². The van der Waals surface area contributed by atoms with Gasteiger partial charge in [0.05, 0.1) is 0 Å². The van der Waals surface area contributed by atoms with Crippen LogP contribution in [0.3, 0.4) is 0 Å². The van der Waals surface area contributed by atoms with Crippen molar-refractivity contribution in [2.75, 3.05) is 26.7 Å². The van der Waals surface area contributed by atoms with Gasteiger partial charge in [0, 0.05) is 26.7 Å². The van der Waals surface area contributed by atoms with Crippen LogP contribution in [-0.2, 0) is 13.1 Å². The summed E-state index contributed by atoms with van der Waals surface area (Å²) in [6, 6.07) is 31.8. The van der Waals surface area contributed by atoms with Gasteiger partial charge in [-0.25, -0.2) is 0 Å². The highest BCUT2D eigenvalue weighted by Crippen LogP contribution is 2.10. The van der Waals surface area contributed by atoms with Crippen molar-refractivity contribution in [1.82, 2.24) is 10.2 Å². The van der Waals surface area contributed by atoms with Crippen LogP contribution in [-0.4, -0.2) is 36.8 Å². The second-order valence-electron chi connectivity index (χ2n) is 8.29. The molecule has 0 aliphatic rings. The predicted molar refractivity (Wildman–Crippen MR) is 150 cm³/mol. The summed E-state index contributed by atoms with van der Waals surface area (Å²) in [5.41, 5.74) is 4.10. The van der Waals surface area contributed by atoms with Crippen LogP contribution < -0.4 is 5.32 Å². The molecule has 0 unspecified atom stereocenters. The summed E-state index contributed by atoms with van der Waals surface area (Å²) in [5.74, 6) is 0.722. The van der Waals surface area contributed by atoms with Crippen LogP contribution in [0.1, 0.15) is 50.8 Å². The predicted octanol–water partition coefficient (Wildman–Crippen LogP) is 6.95. The van der Waals surface area contributed by atoms with Crippen molar-refractivity contribution in [1.29, 1.82) is 0 Å². The molecule has 2 N–H and O–H groups in total. The van der Waals surface area contributed by atoms with E-state index >= 15 is 0 Å². The number of aliphatic hydroxyl groups excluding tert-OH is 1. The number of hydrogen-bond donors (Lipinski definition) is 2. The Morgan fingerprint density at radius 2 is 1.12 bits per heavy atom. The first-order chi connectivity index (χ1) is 16.6. The molecule has 3 aromatic rings. The molecule has 0 spiro atoms. The number of nitrogens with one attached hydrogen (secondary N) is 1. The number of nitrogens with zero attached hydrogens (tertiary/aromatic N) is 1.